The summed E-state index contributed by atoms with van der Waals surface area (Å²) in [7, 11) is 3.05. The number of nitrogen functional groups attached to an aromatic ring is 1. The molecule has 3 nitrogen and oxygen atoms in total. The summed E-state index contributed by atoms with van der Waals surface area (Å²) < 4.78 is 10.7. The molecule has 0 aliphatic heterocycles. The zero-order valence-corrected chi connectivity index (χ0v) is 9.57. The lowest BCUT2D eigenvalue weighted by atomic mass is 10.3. The minimum atomic E-state index is 0.459. The highest BCUT2D eigenvalue weighted by Gasteiger charge is 2.13. The number of halogens is 2. The Morgan fingerprint density at radius 2 is 2.00 bits per heavy atom. The van der Waals surface area contributed by atoms with Gasteiger partial charge in [0.05, 0.1) is 29.4 Å². The average molecular weight is 267 g/mol. The summed E-state index contributed by atoms with van der Waals surface area (Å²) in [4.78, 5) is 0. The second-order valence-electron chi connectivity index (χ2n) is 2.32. The topological polar surface area (TPSA) is 44.5 Å². The molecule has 72 valence electrons. The number of hydrogen-bond acceptors (Lipinski definition) is 3. The maximum absolute atomic E-state index is 5.89. The van der Waals surface area contributed by atoms with Gasteiger partial charge in [-0.05, 0) is 15.9 Å². The van der Waals surface area contributed by atoms with Crippen LogP contribution in [0.25, 0.3) is 0 Å². The van der Waals surface area contributed by atoms with E-state index in [1.807, 2.05) is 0 Å². The molecule has 0 aliphatic rings. The molecular weight excluding hydrogens is 257 g/mol. The molecule has 0 aromatic heterocycles. The Labute approximate surface area is 89.9 Å². The van der Waals surface area contributed by atoms with E-state index in [1.165, 1.54) is 14.2 Å². The molecule has 5 heteroatoms. The van der Waals surface area contributed by atoms with Crippen molar-refractivity contribution in [2.24, 2.45) is 0 Å². The van der Waals surface area contributed by atoms with E-state index in [1.54, 1.807) is 6.07 Å². The molecule has 0 unspecified atom stereocenters. The highest BCUT2D eigenvalue weighted by atomic mass is 79.9. The van der Waals surface area contributed by atoms with Crippen LogP contribution in [-0.2, 0) is 0 Å². The Morgan fingerprint density at radius 3 is 2.46 bits per heavy atom. The van der Waals surface area contributed by atoms with Crippen molar-refractivity contribution in [2.45, 2.75) is 0 Å². The first-order valence-electron chi connectivity index (χ1n) is 3.47. The normalized spacial score (nSPS) is 9.85. The summed E-state index contributed by atoms with van der Waals surface area (Å²) in [6, 6.07) is 1.61. The van der Waals surface area contributed by atoms with Gasteiger partial charge in [0.15, 0.2) is 5.75 Å². The largest absolute Gasteiger partial charge is 0.494 e. The molecule has 0 saturated carbocycles. The highest BCUT2D eigenvalue weighted by molar-refractivity contribution is 9.10. The Hall–Kier alpha value is -0.610. The first-order chi connectivity index (χ1) is 6.11. The summed E-state index contributed by atoms with van der Waals surface area (Å²) in [5.74, 6) is 1.04. The van der Waals surface area contributed by atoms with Gasteiger partial charge >= 0.3 is 0 Å². The van der Waals surface area contributed by atoms with Gasteiger partial charge in [0.25, 0.3) is 0 Å². The molecule has 0 bridgehead atoms. The number of anilines is 1. The summed E-state index contributed by atoms with van der Waals surface area (Å²) >= 11 is 9.16. The number of hydrogen-bond donors (Lipinski definition) is 1. The van der Waals surface area contributed by atoms with Crippen LogP contribution in [0.2, 0.25) is 5.02 Å². The summed E-state index contributed by atoms with van der Waals surface area (Å²) in [6.45, 7) is 0. The molecule has 0 atom stereocenters. The van der Waals surface area contributed by atoms with Crippen molar-refractivity contribution in [2.75, 3.05) is 20.0 Å². The predicted molar refractivity (Wildman–Crippen MR) is 56.7 cm³/mol. The SMILES string of the molecule is COc1cc(Cl)c(OC)c(Br)c1N. The first kappa shape index (κ1) is 10.5. The Morgan fingerprint density at radius 1 is 1.38 bits per heavy atom. The third-order valence-electron chi connectivity index (χ3n) is 1.60. The fraction of sp³-hybridized carbons (Fsp3) is 0.250. The van der Waals surface area contributed by atoms with E-state index in [0.717, 1.165) is 0 Å². The van der Waals surface area contributed by atoms with Gasteiger partial charge in [-0.25, -0.2) is 0 Å². The number of methoxy groups -OCH3 is 2. The third-order valence-corrected chi connectivity index (χ3v) is 2.67. The molecule has 1 aromatic rings. The minimum Gasteiger partial charge on any atom is -0.494 e. The molecule has 0 heterocycles. The van der Waals surface area contributed by atoms with Crippen LogP contribution in [0, 0.1) is 0 Å². The van der Waals surface area contributed by atoms with Crippen LogP contribution in [0.5, 0.6) is 11.5 Å². The van der Waals surface area contributed by atoms with Gasteiger partial charge in [-0.2, -0.15) is 0 Å². The maximum Gasteiger partial charge on any atom is 0.153 e. The summed E-state index contributed by atoms with van der Waals surface area (Å²) in [5, 5.41) is 0.459. The summed E-state index contributed by atoms with van der Waals surface area (Å²) in [6.07, 6.45) is 0. The van der Waals surface area contributed by atoms with Crippen molar-refractivity contribution in [3.05, 3.63) is 15.6 Å². The van der Waals surface area contributed by atoms with E-state index < -0.39 is 0 Å². The van der Waals surface area contributed by atoms with Crippen molar-refractivity contribution in [3.8, 4) is 11.5 Å². The van der Waals surface area contributed by atoms with Crippen molar-refractivity contribution in [3.63, 3.8) is 0 Å². The Bertz CT molecular complexity index is 330. The van der Waals surface area contributed by atoms with Gasteiger partial charge in [-0.3, -0.25) is 0 Å². The molecule has 13 heavy (non-hydrogen) atoms. The second kappa shape index (κ2) is 4.07. The van der Waals surface area contributed by atoms with E-state index in [2.05, 4.69) is 15.9 Å². The van der Waals surface area contributed by atoms with Crippen LogP contribution < -0.4 is 15.2 Å². The standard InChI is InChI=1S/C8H9BrClNO2/c1-12-5-3-4(10)8(13-2)6(9)7(5)11/h3H,11H2,1-2H3. The van der Waals surface area contributed by atoms with Gasteiger partial charge in [0.2, 0.25) is 0 Å². The molecule has 2 N–H and O–H groups in total. The van der Waals surface area contributed by atoms with E-state index in [-0.39, 0.29) is 0 Å². The molecule has 0 fully saturated rings. The van der Waals surface area contributed by atoms with E-state index in [0.29, 0.717) is 26.7 Å². The number of nitrogens with two attached hydrogens (primary N) is 1. The molecule has 1 rings (SSSR count). The van der Waals surface area contributed by atoms with Crippen LogP contribution >= 0.6 is 27.5 Å². The van der Waals surface area contributed by atoms with Crippen LogP contribution in [-0.4, -0.2) is 14.2 Å². The second-order valence-corrected chi connectivity index (χ2v) is 3.52. The molecular formula is C8H9BrClNO2. The van der Waals surface area contributed by atoms with Crippen molar-refractivity contribution >= 4 is 33.2 Å². The fourth-order valence-corrected chi connectivity index (χ4v) is 1.91. The number of rotatable bonds is 2. The third kappa shape index (κ3) is 1.84. The van der Waals surface area contributed by atoms with Crippen LogP contribution in [0.3, 0.4) is 0 Å². The Balaban J connectivity index is 3.37. The lowest BCUT2D eigenvalue weighted by molar-refractivity contribution is 0.403. The van der Waals surface area contributed by atoms with Gasteiger partial charge in [-0.1, -0.05) is 11.6 Å². The maximum atomic E-state index is 5.89. The van der Waals surface area contributed by atoms with Crippen molar-refractivity contribution in [1.82, 2.24) is 0 Å². The quantitative estimate of drug-likeness (QED) is 0.837. The van der Waals surface area contributed by atoms with Crippen LogP contribution in [0.1, 0.15) is 0 Å². The average Bonchev–Trinajstić information content (AvgIpc) is 2.12. The van der Waals surface area contributed by atoms with Gasteiger partial charge < -0.3 is 15.2 Å². The molecule has 0 radical (unpaired) electrons. The molecule has 1 aromatic carbocycles. The molecule has 0 spiro atoms. The minimum absolute atomic E-state index is 0.459. The molecule has 0 aliphatic carbocycles. The zero-order chi connectivity index (χ0) is 10.0. The lowest BCUT2D eigenvalue weighted by Gasteiger charge is -2.11. The molecule has 0 saturated heterocycles. The van der Waals surface area contributed by atoms with Gasteiger partial charge in [0.1, 0.15) is 5.75 Å². The smallest absolute Gasteiger partial charge is 0.153 e. The van der Waals surface area contributed by atoms with E-state index >= 15 is 0 Å². The van der Waals surface area contributed by atoms with Crippen molar-refractivity contribution < 1.29 is 9.47 Å². The Kier molecular flexibility index (Phi) is 3.27. The molecule has 0 amide bonds. The van der Waals surface area contributed by atoms with E-state index in [4.69, 9.17) is 26.8 Å². The highest BCUT2D eigenvalue weighted by Crippen LogP contribution is 2.42. The number of ether oxygens (including phenoxy) is 2. The van der Waals surface area contributed by atoms with Gasteiger partial charge in [0, 0.05) is 6.07 Å². The monoisotopic (exact) mass is 265 g/mol. The van der Waals surface area contributed by atoms with Crippen molar-refractivity contribution in [1.29, 1.82) is 0 Å². The van der Waals surface area contributed by atoms with Crippen LogP contribution in [0.4, 0.5) is 5.69 Å². The van der Waals surface area contributed by atoms with Crippen LogP contribution in [0.15, 0.2) is 10.5 Å². The predicted octanol–water partition coefficient (Wildman–Crippen LogP) is 2.70. The van der Waals surface area contributed by atoms with Gasteiger partial charge in [-0.15, -0.1) is 0 Å². The first-order valence-corrected chi connectivity index (χ1v) is 4.64. The van der Waals surface area contributed by atoms with E-state index in [9.17, 15) is 0 Å². The zero-order valence-electron chi connectivity index (χ0n) is 7.23. The summed E-state index contributed by atoms with van der Waals surface area (Å²) in [5.41, 5.74) is 6.20. The lowest BCUT2D eigenvalue weighted by Crippen LogP contribution is -1.96. The number of benzene rings is 1. The fourth-order valence-electron chi connectivity index (χ4n) is 0.950.